The largest absolute Gasteiger partial charge is 0.480 e. The lowest BCUT2D eigenvalue weighted by Crippen LogP contribution is -2.48. The van der Waals surface area contributed by atoms with Crippen LogP contribution in [0, 0.1) is 0 Å². The van der Waals surface area contributed by atoms with E-state index in [0.717, 1.165) is 18.4 Å². The number of hydrogen-bond acceptors (Lipinski definition) is 4. The molecule has 1 N–H and O–H groups in total. The standard InChI is InChI=1S/C14H16N4O4/c15-17-16-8-12(13(19)20)18(11-6-7-11)14(21)22-9-10-4-2-1-3-5-10/h1-5,11-12H,6-9H2,(H,19,20). The predicted molar refractivity (Wildman–Crippen MR) is 76.9 cm³/mol. The van der Waals surface area contributed by atoms with Gasteiger partial charge in [-0.15, -0.1) is 0 Å². The molecule has 1 atom stereocenters. The van der Waals surface area contributed by atoms with E-state index in [1.165, 1.54) is 4.90 Å². The van der Waals surface area contributed by atoms with E-state index in [1.807, 2.05) is 30.3 Å². The Bertz CT molecular complexity index is 582. The van der Waals surface area contributed by atoms with Crippen molar-refractivity contribution in [3.05, 3.63) is 46.3 Å². The molecule has 1 saturated carbocycles. The molecule has 0 bridgehead atoms. The highest BCUT2D eigenvalue weighted by molar-refractivity contribution is 5.80. The van der Waals surface area contributed by atoms with Crippen LogP contribution >= 0.6 is 0 Å². The van der Waals surface area contributed by atoms with Crippen molar-refractivity contribution in [2.45, 2.75) is 31.5 Å². The topological polar surface area (TPSA) is 116 Å². The molecule has 0 aliphatic heterocycles. The summed E-state index contributed by atoms with van der Waals surface area (Å²) in [5, 5.41) is 12.5. The third kappa shape index (κ3) is 4.13. The van der Waals surface area contributed by atoms with Crippen LogP contribution < -0.4 is 0 Å². The smallest absolute Gasteiger partial charge is 0.411 e. The summed E-state index contributed by atoms with van der Waals surface area (Å²) >= 11 is 0. The van der Waals surface area contributed by atoms with Gasteiger partial charge >= 0.3 is 12.1 Å². The number of carbonyl (C=O) groups is 2. The van der Waals surface area contributed by atoms with Crippen LogP contribution in [0.5, 0.6) is 0 Å². The lowest BCUT2D eigenvalue weighted by atomic mass is 10.2. The van der Waals surface area contributed by atoms with E-state index in [9.17, 15) is 14.7 Å². The number of carboxylic acid groups (broad SMARTS) is 1. The predicted octanol–water partition coefficient (Wildman–Crippen LogP) is 2.55. The number of benzene rings is 1. The van der Waals surface area contributed by atoms with Crippen molar-refractivity contribution < 1.29 is 19.4 Å². The monoisotopic (exact) mass is 304 g/mol. The van der Waals surface area contributed by atoms with Crippen LogP contribution in [-0.4, -0.2) is 40.7 Å². The maximum atomic E-state index is 12.2. The van der Waals surface area contributed by atoms with E-state index < -0.39 is 18.1 Å². The molecule has 2 rings (SSSR count). The van der Waals surface area contributed by atoms with Crippen molar-refractivity contribution in [3.63, 3.8) is 0 Å². The van der Waals surface area contributed by atoms with Gasteiger partial charge in [0.05, 0.1) is 6.54 Å². The summed E-state index contributed by atoms with van der Waals surface area (Å²) < 4.78 is 5.19. The van der Waals surface area contributed by atoms with Crippen LogP contribution in [0.15, 0.2) is 35.4 Å². The second kappa shape index (κ2) is 7.33. The lowest BCUT2D eigenvalue weighted by molar-refractivity contribution is -0.142. The molecular weight excluding hydrogens is 288 g/mol. The number of rotatable bonds is 7. The third-order valence-corrected chi connectivity index (χ3v) is 3.29. The van der Waals surface area contributed by atoms with Gasteiger partial charge < -0.3 is 9.84 Å². The summed E-state index contributed by atoms with van der Waals surface area (Å²) in [5.41, 5.74) is 9.17. The molecule has 1 amide bonds. The Morgan fingerprint density at radius 2 is 2.09 bits per heavy atom. The molecule has 0 saturated heterocycles. The number of azide groups is 1. The third-order valence-electron chi connectivity index (χ3n) is 3.29. The maximum Gasteiger partial charge on any atom is 0.411 e. The van der Waals surface area contributed by atoms with Gasteiger partial charge in [0.15, 0.2) is 0 Å². The number of carboxylic acids is 1. The zero-order chi connectivity index (χ0) is 15.9. The molecule has 116 valence electrons. The van der Waals surface area contributed by atoms with Crippen LogP contribution in [-0.2, 0) is 16.1 Å². The van der Waals surface area contributed by atoms with Crippen LogP contribution in [0.4, 0.5) is 4.79 Å². The summed E-state index contributed by atoms with van der Waals surface area (Å²) in [7, 11) is 0. The number of amides is 1. The first-order chi connectivity index (χ1) is 10.6. The second-order valence-electron chi connectivity index (χ2n) is 4.95. The van der Waals surface area contributed by atoms with E-state index >= 15 is 0 Å². The molecule has 8 nitrogen and oxygen atoms in total. The Morgan fingerprint density at radius 1 is 1.41 bits per heavy atom. The first kappa shape index (κ1) is 15.7. The minimum absolute atomic E-state index is 0.0662. The summed E-state index contributed by atoms with van der Waals surface area (Å²) in [5.74, 6) is -1.21. The van der Waals surface area contributed by atoms with Crippen molar-refractivity contribution in [1.29, 1.82) is 0 Å². The molecule has 0 radical (unpaired) electrons. The van der Waals surface area contributed by atoms with E-state index in [2.05, 4.69) is 10.0 Å². The van der Waals surface area contributed by atoms with E-state index in [4.69, 9.17) is 10.3 Å². The fourth-order valence-corrected chi connectivity index (χ4v) is 2.08. The number of hydrogen-bond donors (Lipinski definition) is 1. The fourth-order valence-electron chi connectivity index (χ4n) is 2.08. The molecule has 8 heteroatoms. The van der Waals surface area contributed by atoms with Crippen LogP contribution in [0.1, 0.15) is 18.4 Å². The van der Waals surface area contributed by atoms with Gasteiger partial charge in [0.2, 0.25) is 0 Å². The normalized spacial score (nSPS) is 14.5. The Morgan fingerprint density at radius 3 is 2.64 bits per heavy atom. The van der Waals surface area contributed by atoms with Gasteiger partial charge in [-0.1, -0.05) is 35.4 Å². The SMILES string of the molecule is [N-]=[N+]=NCC(C(=O)O)N(C(=O)OCc1ccccc1)C1CC1. The maximum absolute atomic E-state index is 12.2. The Labute approximate surface area is 126 Å². The van der Waals surface area contributed by atoms with Gasteiger partial charge in [-0.25, -0.2) is 9.59 Å². The van der Waals surface area contributed by atoms with Gasteiger partial charge in [0.25, 0.3) is 0 Å². The van der Waals surface area contributed by atoms with Crippen molar-refractivity contribution in [3.8, 4) is 0 Å². The first-order valence-corrected chi connectivity index (χ1v) is 6.86. The molecule has 0 heterocycles. The minimum Gasteiger partial charge on any atom is -0.480 e. The molecule has 22 heavy (non-hydrogen) atoms. The molecule has 1 aliphatic rings. The Hall–Kier alpha value is -2.73. The number of carbonyl (C=O) groups excluding carboxylic acids is 1. The molecule has 0 spiro atoms. The lowest BCUT2D eigenvalue weighted by Gasteiger charge is -2.27. The molecular formula is C14H16N4O4. The summed E-state index contributed by atoms with van der Waals surface area (Å²) in [6.07, 6.45) is 0.743. The van der Waals surface area contributed by atoms with E-state index in [1.54, 1.807) is 0 Å². The van der Waals surface area contributed by atoms with Gasteiger partial charge in [-0.3, -0.25) is 4.90 Å². The van der Waals surface area contributed by atoms with Crippen molar-refractivity contribution in [2.75, 3.05) is 6.54 Å². The number of nitrogens with zero attached hydrogens (tertiary/aromatic N) is 4. The van der Waals surface area contributed by atoms with Crippen LogP contribution in [0.25, 0.3) is 10.4 Å². The number of aliphatic carboxylic acids is 1. The van der Waals surface area contributed by atoms with Gasteiger partial charge in [-0.05, 0) is 23.9 Å². The summed E-state index contributed by atoms with van der Waals surface area (Å²) in [6.45, 7) is -0.250. The van der Waals surface area contributed by atoms with Crippen molar-refractivity contribution >= 4 is 12.1 Å². The minimum atomic E-state index is -1.21. The molecule has 0 aromatic heterocycles. The number of ether oxygens (including phenoxy) is 1. The molecule has 1 fully saturated rings. The molecule has 1 aliphatic carbocycles. The van der Waals surface area contributed by atoms with Gasteiger partial charge in [-0.2, -0.15) is 0 Å². The molecule has 1 aromatic rings. The molecule has 1 unspecified atom stereocenters. The van der Waals surface area contributed by atoms with Crippen molar-refractivity contribution in [1.82, 2.24) is 4.90 Å². The van der Waals surface area contributed by atoms with Crippen molar-refractivity contribution in [2.24, 2.45) is 5.11 Å². The Balaban J connectivity index is 2.04. The summed E-state index contributed by atoms with van der Waals surface area (Å²) in [6, 6.07) is 7.74. The van der Waals surface area contributed by atoms with Gasteiger partial charge in [0, 0.05) is 11.0 Å². The molecule has 1 aromatic carbocycles. The average molecular weight is 304 g/mol. The zero-order valence-electron chi connectivity index (χ0n) is 11.8. The van der Waals surface area contributed by atoms with Crippen LogP contribution in [0.3, 0.4) is 0 Å². The highest BCUT2D eigenvalue weighted by Gasteiger charge is 2.41. The van der Waals surface area contributed by atoms with E-state index in [0.29, 0.717) is 0 Å². The van der Waals surface area contributed by atoms with E-state index in [-0.39, 0.29) is 19.2 Å². The summed E-state index contributed by atoms with van der Waals surface area (Å²) in [4.78, 5) is 27.3. The quantitative estimate of drug-likeness (QED) is 0.473. The highest BCUT2D eigenvalue weighted by Crippen LogP contribution is 2.29. The first-order valence-electron chi connectivity index (χ1n) is 6.86. The zero-order valence-corrected chi connectivity index (χ0v) is 11.8. The highest BCUT2D eigenvalue weighted by atomic mass is 16.6. The average Bonchev–Trinajstić information content (AvgIpc) is 3.34. The Kier molecular flexibility index (Phi) is 5.21. The second-order valence-corrected chi connectivity index (χ2v) is 4.95. The van der Waals surface area contributed by atoms with Gasteiger partial charge in [0.1, 0.15) is 12.6 Å². The van der Waals surface area contributed by atoms with Crippen LogP contribution in [0.2, 0.25) is 0 Å². The fraction of sp³-hybridized carbons (Fsp3) is 0.429.